The number of aromatic nitrogens is 3. The van der Waals surface area contributed by atoms with Gasteiger partial charge in [0.1, 0.15) is 5.52 Å². The predicted octanol–water partition coefficient (Wildman–Crippen LogP) is 2.46. The molecule has 0 aliphatic carbocycles. The Hall–Kier alpha value is -2.96. The second kappa shape index (κ2) is 6.16. The first kappa shape index (κ1) is 15.6. The van der Waals surface area contributed by atoms with Crippen LogP contribution in [0.15, 0.2) is 34.9 Å². The summed E-state index contributed by atoms with van der Waals surface area (Å²) in [6.07, 6.45) is 1.62. The number of carbonyl (C=O) groups excluding carboxylic acids is 1. The number of rotatable bonds is 3. The molecule has 0 N–H and O–H groups in total. The van der Waals surface area contributed by atoms with Crippen molar-refractivity contribution in [3.05, 3.63) is 41.7 Å². The maximum atomic E-state index is 11.5. The number of anilines is 2. The molecule has 2 aromatic heterocycles. The molecular formula is C18H19N5O2. The van der Waals surface area contributed by atoms with Crippen molar-refractivity contribution in [2.24, 2.45) is 0 Å². The highest BCUT2D eigenvalue weighted by Crippen LogP contribution is 2.23. The van der Waals surface area contributed by atoms with E-state index in [0.29, 0.717) is 17.5 Å². The normalized spacial score (nSPS) is 15.0. The summed E-state index contributed by atoms with van der Waals surface area (Å²) in [5, 5.41) is 0. The van der Waals surface area contributed by atoms with E-state index in [4.69, 9.17) is 4.42 Å². The molecule has 3 aromatic rings. The van der Waals surface area contributed by atoms with Crippen LogP contribution in [-0.4, -0.2) is 46.9 Å². The summed E-state index contributed by atoms with van der Waals surface area (Å²) in [4.78, 5) is 29.2. The molecule has 0 unspecified atom stereocenters. The van der Waals surface area contributed by atoms with E-state index in [1.54, 1.807) is 6.20 Å². The Balaban J connectivity index is 1.47. The molecule has 128 valence electrons. The third-order valence-corrected chi connectivity index (χ3v) is 4.46. The molecule has 1 aliphatic rings. The van der Waals surface area contributed by atoms with Gasteiger partial charge in [-0.15, -0.1) is 0 Å². The van der Waals surface area contributed by atoms with Crippen LogP contribution in [0.4, 0.5) is 12.0 Å². The topological polar surface area (TPSA) is 75.4 Å². The number of benzene rings is 1. The molecule has 1 aliphatic heterocycles. The zero-order valence-electron chi connectivity index (χ0n) is 14.3. The van der Waals surface area contributed by atoms with Crippen LogP contribution in [-0.2, 0) is 0 Å². The molecule has 1 aromatic carbocycles. The van der Waals surface area contributed by atoms with Gasteiger partial charge in [0, 0.05) is 32.4 Å². The van der Waals surface area contributed by atoms with Crippen molar-refractivity contribution in [1.29, 1.82) is 0 Å². The van der Waals surface area contributed by atoms with E-state index in [2.05, 4.69) is 24.8 Å². The number of Topliss-reactive ketones (excluding diaryl/α,β-unsaturated/α-hetero) is 1. The van der Waals surface area contributed by atoms with Crippen molar-refractivity contribution in [2.45, 2.75) is 13.8 Å². The van der Waals surface area contributed by atoms with Gasteiger partial charge in [-0.3, -0.25) is 4.79 Å². The second-order valence-corrected chi connectivity index (χ2v) is 6.16. The molecule has 0 saturated carbocycles. The van der Waals surface area contributed by atoms with E-state index in [1.807, 2.05) is 31.2 Å². The molecule has 7 heteroatoms. The molecular weight excluding hydrogens is 318 g/mol. The van der Waals surface area contributed by atoms with Gasteiger partial charge in [0.15, 0.2) is 11.4 Å². The van der Waals surface area contributed by atoms with Crippen LogP contribution in [0.3, 0.4) is 0 Å². The Kier molecular flexibility index (Phi) is 3.83. The SMILES string of the molecule is CC(=O)c1cnc(N2CCN(c3nc4ccccc4o3)CC2)nc1C. The van der Waals surface area contributed by atoms with Crippen molar-refractivity contribution in [3.63, 3.8) is 0 Å². The highest BCUT2D eigenvalue weighted by molar-refractivity contribution is 5.94. The van der Waals surface area contributed by atoms with Gasteiger partial charge < -0.3 is 14.2 Å². The average Bonchev–Trinajstić information content (AvgIpc) is 3.05. The number of hydrogen-bond acceptors (Lipinski definition) is 7. The predicted molar refractivity (Wildman–Crippen MR) is 95.2 cm³/mol. The highest BCUT2D eigenvalue weighted by Gasteiger charge is 2.23. The van der Waals surface area contributed by atoms with Gasteiger partial charge >= 0.3 is 0 Å². The van der Waals surface area contributed by atoms with Gasteiger partial charge in [-0.2, -0.15) is 4.98 Å². The van der Waals surface area contributed by atoms with Gasteiger partial charge in [-0.1, -0.05) is 12.1 Å². The lowest BCUT2D eigenvalue weighted by Crippen LogP contribution is -2.47. The van der Waals surface area contributed by atoms with Gasteiger partial charge in [0.25, 0.3) is 6.01 Å². The Morgan fingerprint density at radius 1 is 1.08 bits per heavy atom. The first-order chi connectivity index (χ1) is 12.1. The minimum absolute atomic E-state index is 0.00942. The van der Waals surface area contributed by atoms with Crippen molar-refractivity contribution in [3.8, 4) is 0 Å². The van der Waals surface area contributed by atoms with E-state index < -0.39 is 0 Å². The molecule has 3 heterocycles. The molecule has 0 radical (unpaired) electrons. The van der Waals surface area contributed by atoms with Crippen LogP contribution >= 0.6 is 0 Å². The molecule has 7 nitrogen and oxygen atoms in total. The Bertz CT molecular complexity index is 895. The summed E-state index contributed by atoms with van der Waals surface area (Å²) < 4.78 is 5.84. The monoisotopic (exact) mass is 337 g/mol. The Morgan fingerprint density at radius 2 is 1.80 bits per heavy atom. The van der Waals surface area contributed by atoms with Gasteiger partial charge in [0.2, 0.25) is 5.95 Å². The number of oxazole rings is 1. The summed E-state index contributed by atoms with van der Waals surface area (Å²) in [5.74, 6) is 0.657. The zero-order valence-corrected chi connectivity index (χ0v) is 14.3. The average molecular weight is 337 g/mol. The number of ketones is 1. The summed E-state index contributed by atoms with van der Waals surface area (Å²) >= 11 is 0. The quantitative estimate of drug-likeness (QED) is 0.680. The smallest absolute Gasteiger partial charge is 0.298 e. The molecule has 4 rings (SSSR count). The number of hydrogen-bond donors (Lipinski definition) is 0. The molecule has 1 fully saturated rings. The molecule has 25 heavy (non-hydrogen) atoms. The number of fused-ring (bicyclic) bond motifs is 1. The largest absolute Gasteiger partial charge is 0.423 e. The van der Waals surface area contributed by atoms with Crippen LogP contribution in [0.25, 0.3) is 11.1 Å². The molecule has 1 saturated heterocycles. The lowest BCUT2D eigenvalue weighted by atomic mass is 10.2. The number of nitrogens with zero attached hydrogens (tertiary/aromatic N) is 5. The van der Waals surface area contributed by atoms with E-state index in [9.17, 15) is 4.79 Å². The van der Waals surface area contributed by atoms with Gasteiger partial charge in [0.05, 0.1) is 11.3 Å². The Labute approximate surface area is 145 Å². The molecule has 0 spiro atoms. The van der Waals surface area contributed by atoms with E-state index in [0.717, 1.165) is 43.0 Å². The van der Waals surface area contributed by atoms with Crippen molar-refractivity contribution in [1.82, 2.24) is 15.0 Å². The third-order valence-electron chi connectivity index (χ3n) is 4.46. The molecule has 0 amide bonds. The van der Waals surface area contributed by atoms with Crippen LogP contribution in [0.5, 0.6) is 0 Å². The van der Waals surface area contributed by atoms with E-state index in [1.165, 1.54) is 6.92 Å². The van der Waals surface area contributed by atoms with Gasteiger partial charge in [-0.05, 0) is 26.0 Å². The van der Waals surface area contributed by atoms with Crippen LogP contribution in [0.2, 0.25) is 0 Å². The van der Waals surface area contributed by atoms with Gasteiger partial charge in [-0.25, -0.2) is 9.97 Å². The summed E-state index contributed by atoms with van der Waals surface area (Å²) in [7, 11) is 0. The van der Waals surface area contributed by atoms with E-state index in [-0.39, 0.29) is 5.78 Å². The summed E-state index contributed by atoms with van der Waals surface area (Å²) in [6, 6.07) is 8.43. The lowest BCUT2D eigenvalue weighted by Gasteiger charge is -2.33. The fourth-order valence-electron chi connectivity index (χ4n) is 3.05. The molecule has 0 bridgehead atoms. The third kappa shape index (κ3) is 2.93. The number of aryl methyl sites for hydroxylation is 1. The van der Waals surface area contributed by atoms with E-state index >= 15 is 0 Å². The van der Waals surface area contributed by atoms with Crippen LogP contribution in [0, 0.1) is 6.92 Å². The maximum Gasteiger partial charge on any atom is 0.298 e. The highest BCUT2D eigenvalue weighted by atomic mass is 16.4. The summed E-state index contributed by atoms with van der Waals surface area (Å²) in [6.45, 7) is 6.49. The minimum Gasteiger partial charge on any atom is -0.423 e. The number of carbonyl (C=O) groups is 1. The fraction of sp³-hybridized carbons (Fsp3) is 0.333. The number of piperazine rings is 1. The zero-order chi connectivity index (χ0) is 17.4. The fourth-order valence-corrected chi connectivity index (χ4v) is 3.05. The molecule has 0 atom stereocenters. The standard InChI is InChI=1S/C18H19N5O2/c1-12-14(13(2)24)11-19-17(20-12)22-7-9-23(10-8-22)18-21-15-5-3-4-6-16(15)25-18/h3-6,11H,7-10H2,1-2H3. The van der Waals surface area contributed by atoms with Crippen LogP contribution < -0.4 is 9.80 Å². The lowest BCUT2D eigenvalue weighted by molar-refractivity contribution is 0.101. The first-order valence-corrected chi connectivity index (χ1v) is 8.32. The second-order valence-electron chi connectivity index (χ2n) is 6.16. The number of para-hydroxylation sites is 2. The van der Waals surface area contributed by atoms with Crippen molar-refractivity contribution in [2.75, 3.05) is 36.0 Å². The van der Waals surface area contributed by atoms with Crippen molar-refractivity contribution >= 4 is 28.8 Å². The van der Waals surface area contributed by atoms with Crippen molar-refractivity contribution < 1.29 is 9.21 Å². The Morgan fingerprint density at radius 3 is 2.48 bits per heavy atom. The minimum atomic E-state index is -0.00942. The first-order valence-electron chi connectivity index (χ1n) is 8.32. The summed E-state index contributed by atoms with van der Waals surface area (Å²) in [5.41, 5.74) is 2.98. The maximum absolute atomic E-state index is 11.5. The van der Waals surface area contributed by atoms with Crippen LogP contribution in [0.1, 0.15) is 23.0 Å².